The number of fused-ring (bicyclic) bond motifs is 2. The average Bonchev–Trinajstić information content (AvgIpc) is 3.01. The molecule has 1 aliphatic carbocycles. The first-order valence-electron chi connectivity index (χ1n) is 13.5. The van der Waals surface area contributed by atoms with Crippen LogP contribution in [0.5, 0.6) is 11.5 Å². The highest BCUT2D eigenvalue weighted by Crippen LogP contribution is 2.48. The van der Waals surface area contributed by atoms with Gasteiger partial charge < -0.3 is 9.64 Å². The van der Waals surface area contributed by atoms with Gasteiger partial charge in [-0.1, -0.05) is 103 Å². The highest BCUT2D eigenvalue weighted by Gasteiger charge is 2.26. The summed E-state index contributed by atoms with van der Waals surface area (Å²) in [6, 6.07) is 39.1. The summed E-state index contributed by atoms with van der Waals surface area (Å²) in [5.74, 6) is 2.44. The lowest BCUT2D eigenvalue weighted by Gasteiger charge is -2.34. The Morgan fingerprint density at radius 3 is 1.68 bits per heavy atom. The zero-order chi connectivity index (χ0) is 26.7. The van der Waals surface area contributed by atoms with Crippen LogP contribution in [0.2, 0.25) is 0 Å². The Balaban J connectivity index is 1.35. The number of hydrogen-bond donors (Lipinski definition) is 0. The molecule has 2 heterocycles. The molecule has 1 aromatic heterocycles. The molecule has 0 atom stereocenters. The van der Waals surface area contributed by atoms with Gasteiger partial charge in [0.25, 0.3) is 0 Å². The van der Waals surface area contributed by atoms with Gasteiger partial charge in [0.1, 0.15) is 0 Å². The van der Waals surface area contributed by atoms with Crippen molar-refractivity contribution in [2.75, 3.05) is 4.90 Å². The second kappa shape index (κ2) is 10.5. The van der Waals surface area contributed by atoms with Gasteiger partial charge in [-0.15, -0.1) is 0 Å². The van der Waals surface area contributed by atoms with Crippen LogP contribution in [0, 0.1) is 0 Å². The molecule has 0 unspecified atom stereocenters. The smallest absolute Gasteiger partial charge is 0.156 e. The minimum absolute atomic E-state index is 0.741. The van der Waals surface area contributed by atoms with Crippen molar-refractivity contribution in [1.29, 1.82) is 0 Å². The molecule has 4 aromatic carbocycles. The van der Waals surface area contributed by atoms with E-state index in [1.54, 1.807) is 0 Å². The Hall–Kier alpha value is -5.22. The van der Waals surface area contributed by atoms with E-state index in [1.165, 1.54) is 0 Å². The minimum atomic E-state index is 0.741. The van der Waals surface area contributed by atoms with E-state index in [4.69, 9.17) is 14.7 Å². The van der Waals surface area contributed by atoms with Gasteiger partial charge in [-0.3, -0.25) is 0 Å². The van der Waals surface area contributed by atoms with Gasteiger partial charge in [-0.25, -0.2) is 9.97 Å². The molecular formula is C36H27N3O. The van der Waals surface area contributed by atoms with Crippen molar-refractivity contribution < 1.29 is 4.74 Å². The molecule has 40 heavy (non-hydrogen) atoms. The molecule has 0 bridgehead atoms. The third-order valence-electron chi connectivity index (χ3n) is 7.18. The highest BCUT2D eigenvalue weighted by atomic mass is 16.5. The molecular weight excluding hydrogens is 490 g/mol. The summed E-state index contributed by atoms with van der Waals surface area (Å²) >= 11 is 0. The second-order valence-corrected chi connectivity index (χ2v) is 9.80. The van der Waals surface area contributed by atoms with Crippen molar-refractivity contribution in [3.63, 3.8) is 0 Å². The van der Waals surface area contributed by atoms with Gasteiger partial charge in [-0.05, 0) is 42.8 Å². The van der Waals surface area contributed by atoms with Crippen LogP contribution in [-0.4, -0.2) is 9.97 Å². The van der Waals surface area contributed by atoms with Crippen LogP contribution < -0.4 is 9.64 Å². The summed E-state index contributed by atoms with van der Waals surface area (Å²) in [4.78, 5) is 12.4. The van der Waals surface area contributed by atoms with Gasteiger partial charge in [-0.2, -0.15) is 0 Å². The summed E-state index contributed by atoms with van der Waals surface area (Å²) in [5, 5.41) is 0. The molecule has 7 rings (SSSR count). The van der Waals surface area contributed by atoms with Crippen LogP contribution in [-0.2, 0) is 0 Å². The number of anilines is 2. The molecule has 0 amide bonds. The minimum Gasteiger partial charge on any atom is -0.453 e. The van der Waals surface area contributed by atoms with Crippen molar-refractivity contribution in [3.8, 4) is 34.0 Å². The van der Waals surface area contributed by atoms with Gasteiger partial charge >= 0.3 is 0 Å². The maximum Gasteiger partial charge on any atom is 0.156 e. The number of para-hydroxylation sites is 4. The Kier molecular flexibility index (Phi) is 6.27. The number of nitrogens with zero attached hydrogens (tertiary/aromatic N) is 3. The van der Waals surface area contributed by atoms with Crippen LogP contribution >= 0.6 is 0 Å². The topological polar surface area (TPSA) is 38.2 Å². The molecule has 0 saturated carbocycles. The van der Waals surface area contributed by atoms with E-state index < -0.39 is 0 Å². The molecule has 192 valence electrons. The van der Waals surface area contributed by atoms with E-state index in [0.29, 0.717) is 0 Å². The molecule has 0 spiro atoms. The average molecular weight is 518 g/mol. The van der Waals surface area contributed by atoms with Crippen molar-refractivity contribution >= 4 is 16.9 Å². The summed E-state index contributed by atoms with van der Waals surface area (Å²) in [5.41, 5.74) is 8.26. The molecule has 4 heteroatoms. The van der Waals surface area contributed by atoms with E-state index >= 15 is 0 Å². The number of rotatable bonds is 4. The van der Waals surface area contributed by atoms with E-state index in [2.05, 4.69) is 83.8 Å². The van der Waals surface area contributed by atoms with Crippen molar-refractivity contribution in [2.45, 2.75) is 12.8 Å². The highest BCUT2D eigenvalue weighted by molar-refractivity contribution is 5.82. The molecule has 1 aliphatic heterocycles. The van der Waals surface area contributed by atoms with Gasteiger partial charge in [0.05, 0.1) is 22.8 Å². The summed E-state index contributed by atoms with van der Waals surface area (Å²) in [6.07, 6.45) is 10.4. The Bertz CT molecular complexity index is 1670. The molecule has 0 saturated heterocycles. The molecule has 4 nitrogen and oxygen atoms in total. The SMILES string of the molecule is C1=C\C/C(N2c3ccccc3Oc3ccccc32)=C\C=C(\c2nc(-c3ccccc3)cc(-c3ccccc3)n2)C/1. The normalized spacial score (nSPS) is 17.6. The first-order valence-corrected chi connectivity index (χ1v) is 13.5. The van der Waals surface area contributed by atoms with Gasteiger partial charge in [0.15, 0.2) is 17.3 Å². The number of allylic oxidation sites excluding steroid dienone is 5. The van der Waals surface area contributed by atoms with Gasteiger partial charge in [0, 0.05) is 28.8 Å². The van der Waals surface area contributed by atoms with Crippen molar-refractivity contribution in [2.24, 2.45) is 0 Å². The molecule has 0 fully saturated rings. The maximum atomic E-state index is 6.23. The molecule has 0 N–H and O–H groups in total. The third-order valence-corrected chi connectivity index (χ3v) is 7.18. The maximum absolute atomic E-state index is 6.23. The van der Waals surface area contributed by atoms with E-state index in [9.17, 15) is 0 Å². The number of aromatic nitrogens is 2. The number of ether oxygens (including phenoxy) is 1. The zero-order valence-corrected chi connectivity index (χ0v) is 21.9. The lowest BCUT2D eigenvalue weighted by molar-refractivity contribution is 0.475. The predicted octanol–water partition coefficient (Wildman–Crippen LogP) is 9.37. The van der Waals surface area contributed by atoms with E-state index in [-0.39, 0.29) is 0 Å². The van der Waals surface area contributed by atoms with Crippen molar-refractivity contribution in [3.05, 3.63) is 151 Å². The van der Waals surface area contributed by atoms with Crippen molar-refractivity contribution in [1.82, 2.24) is 9.97 Å². The second-order valence-electron chi connectivity index (χ2n) is 9.80. The van der Waals surface area contributed by atoms with Crippen LogP contribution in [0.15, 0.2) is 145 Å². The molecule has 2 aliphatic rings. The fourth-order valence-electron chi connectivity index (χ4n) is 5.20. The first kappa shape index (κ1) is 23.9. The Morgan fingerprint density at radius 2 is 1.07 bits per heavy atom. The fraction of sp³-hybridized carbons (Fsp3) is 0.0556. The van der Waals surface area contributed by atoms with Gasteiger partial charge in [0.2, 0.25) is 0 Å². The number of benzene rings is 4. The quantitative estimate of drug-likeness (QED) is 0.223. The summed E-state index contributed by atoms with van der Waals surface area (Å²) in [7, 11) is 0. The standard InChI is InChI=1S/C36H27N3O/c1-3-13-26(14-4-1)30-25-31(27-15-5-2-6-16-27)38-36(37-30)28-17-7-8-18-29(24-23-28)39-32-19-9-11-21-34(32)40-35-22-12-10-20-33(35)39/h1-16,19-25H,17-18H2/b8-7-,28-23+,29-24+. The largest absolute Gasteiger partial charge is 0.453 e. The first-order chi connectivity index (χ1) is 19.8. The molecule has 0 radical (unpaired) electrons. The summed E-state index contributed by atoms with van der Waals surface area (Å²) in [6.45, 7) is 0. The third kappa shape index (κ3) is 4.61. The predicted molar refractivity (Wildman–Crippen MR) is 162 cm³/mol. The number of hydrogen-bond acceptors (Lipinski definition) is 4. The fourth-order valence-corrected chi connectivity index (χ4v) is 5.20. The lowest BCUT2D eigenvalue weighted by atomic mass is 10.0. The monoisotopic (exact) mass is 517 g/mol. The van der Waals surface area contributed by atoms with Crippen LogP contribution in [0.4, 0.5) is 11.4 Å². The van der Waals surface area contributed by atoms with E-state index in [0.717, 1.165) is 75.3 Å². The van der Waals surface area contributed by atoms with Crippen LogP contribution in [0.25, 0.3) is 28.1 Å². The van der Waals surface area contributed by atoms with Crippen LogP contribution in [0.3, 0.4) is 0 Å². The Morgan fingerprint density at radius 1 is 0.550 bits per heavy atom. The molecule has 5 aromatic rings. The lowest BCUT2D eigenvalue weighted by Crippen LogP contribution is -2.20. The zero-order valence-electron chi connectivity index (χ0n) is 21.9. The van der Waals surface area contributed by atoms with Crippen LogP contribution in [0.1, 0.15) is 18.7 Å². The summed E-state index contributed by atoms with van der Waals surface area (Å²) < 4.78 is 6.23. The van der Waals surface area contributed by atoms with E-state index in [1.807, 2.05) is 60.7 Å². The Labute approximate surface area is 234 Å².